The van der Waals surface area contributed by atoms with Crippen molar-refractivity contribution in [1.82, 2.24) is 0 Å². The number of carbonyl (C=O) groups is 2. The second kappa shape index (κ2) is 7.39. The normalized spacial score (nSPS) is 10.3. The van der Waals surface area contributed by atoms with Crippen LogP contribution in [0.5, 0.6) is 0 Å². The van der Waals surface area contributed by atoms with Crippen LogP contribution in [0.3, 0.4) is 0 Å². The van der Waals surface area contributed by atoms with Gasteiger partial charge in [-0.2, -0.15) is 0 Å². The molecule has 8 heteroatoms. The average Bonchev–Trinajstić information content (AvgIpc) is 2.50. The first-order valence-corrected chi connectivity index (χ1v) is 6.99. The van der Waals surface area contributed by atoms with Crippen molar-refractivity contribution < 1.29 is 23.1 Å². The average molecular weight is 360 g/mol. The minimum Gasteiger partial charge on any atom is -0.452 e. The molecule has 0 spiro atoms. The molecule has 0 atom stereocenters. The molecule has 0 saturated carbocycles. The Balaban J connectivity index is 1.96. The van der Waals surface area contributed by atoms with Crippen molar-refractivity contribution in [2.45, 2.75) is 0 Å². The molecule has 0 saturated heterocycles. The van der Waals surface area contributed by atoms with E-state index in [1.54, 1.807) is 0 Å². The monoisotopic (exact) mass is 359 g/mol. The highest BCUT2D eigenvalue weighted by Crippen LogP contribution is 2.19. The molecule has 0 bridgehead atoms. The molecule has 2 rings (SSSR count). The van der Waals surface area contributed by atoms with Gasteiger partial charge in [-0.3, -0.25) is 4.79 Å². The van der Waals surface area contributed by atoms with Gasteiger partial charge in [-0.05, 0) is 36.4 Å². The standard InChI is InChI=1S/C15H9Cl2F2NO3/c16-8-1-4-13(12(19)5-8)20-14(21)7-23-15(22)10-6-9(18)2-3-11(10)17/h1-6H,7H2,(H,20,21). The zero-order chi connectivity index (χ0) is 17.0. The lowest BCUT2D eigenvalue weighted by molar-refractivity contribution is -0.119. The molecule has 0 heterocycles. The molecule has 120 valence electrons. The van der Waals surface area contributed by atoms with Crippen LogP contribution < -0.4 is 5.32 Å². The maximum atomic E-state index is 13.5. The number of ether oxygens (including phenoxy) is 1. The number of carbonyl (C=O) groups excluding carboxylic acids is 2. The predicted octanol–water partition coefficient (Wildman–Crippen LogP) is 4.07. The van der Waals surface area contributed by atoms with Gasteiger partial charge in [0.25, 0.3) is 5.91 Å². The molecular weight excluding hydrogens is 351 g/mol. The Morgan fingerprint density at radius 1 is 1.09 bits per heavy atom. The summed E-state index contributed by atoms with van der Waals surface area (Å²) in [6, 6.07) is 6.84. The van der Waals surface area contributed by atoms with E-state index in [0.29, 0.717) is 0 Å². The van der Waals surface area contributed by atoms with Crippen molar-refractivity contribution in [2.75, 3.05) is 11.9 Å². The summed E-state index contributed by atoms with van der Waals surface area (Å²) in [6.07, 6.45) is 0. The van der Waals surface area contributed by atoms with E-state index in [0.717, 1.165) is 18.2 Å². The molecule has 0 fully saturated rings. The lowest BCUT2D eigenvalue weighted by Crippen LogP contribution is -2.21. The lowest BCUT2D eigenvalue weighted by atomic mass is 10.2. The summed E-state index contributed by atoms with van der Waals surface area (Å²) in [4.78, 5) is 23.4. The third-order valence-corrected chi connectivity index (χ3v) is 3.25. The number of rotatable bonds is 4. The fourth-order valence-electron chi connectivity index (χ4n) is 1.64. The molecule has 0 aliphatic rings. The van der Waals surface area contributed by atoms with E-state index < -0.39 is 30.1 Å². The molecule has 0 aliphatic heterocycles. The van der Waals surface area contributed by atoms with Crippen LogP contribution in [0, 0.1) is 11.6 Å². The molecular formula is C15H9Cl2F2NO3. The topological polar surface area (TPSA) is 55.4 Å². The summed E-state index contributed by atoms with van der Waals surface area (Å²) >= 11 is 11.3. The van der Waals surface area contributed by atoms with Crippen LogP contribution in [0.15, 0.2) is 36.4 Å². The van der Waals surface area contributed by atoms with Gasteiger partial charge in [0.1, 0.15) is 11.6 Å². The number of anilines is 1. The van der Waals surface area contributed by atoms with E-state index in [1.807, 2.05) is 0 Å². The highest BCUT2D eigenvalue weighted by molar-refractivity contribution is 6.33. The van der Waals surface area contributed by atoms with Crippen molar-refractivity contribution in [3.63, 3.8) is 0 Å². The van der Waals surface area contributed by atoms with Gasteiger partial charge in [0.05, 0.1) is 16.3 Å². The fourth-order valence-corrected chi connectivity index (χ4v) is 1.99. The molecule has 4 nitrogen and oxygen atoms in total. The zero-order valence-electron chi connectivity index (χ0n) is 11.4. The van der Waals surface area contributed by atoms with Crippen LogP contribution in [0.25, 0.3) is 0 Å². The number of hydrogen-bond acceptors (Lipinski definition) is 3. The minimum atomic E-state index is -0.971. The first-order chi connectivity index (χ1) is 10.9. The van der Waals surface area contributed by atoms with E-state index in [4.69, 9.17) is 27.9 Å². The lowest BCUT2D eigenvalue weighted by Gasteiger charge is -2.08. The number of amides is 1. The van der Waals surface area contributed by atoms with Gasteiger partial charge in [0.15, 0.2) is 6.61 Å². The highest BCUT2D eigenvalue weighted by atomic mass is 35.5. The third-order valence-electron chi connectivity index (χ3n) is 2.69. The Morgan fingerprint density at radius 3 is 2.52 bits per heavy atom. The molecule has 0 aromatic heterocycles. The summed E-state index contributed by atoms with van der Waals surface area (Å²) in [5.74, 6) is -3.15. The van der Waals surface area contributed by atoms with Gasteiger partial charge in [0.2, 0.25) is 0 Å². The molecule has 0 aliphatic carbocycles. The van der Waals surface area contributed by atoms with E-state index >= 15 is 0 Å². The largest absolute Gasteiger partial charge is 0.452 e. The molecule has 23 heavy (non-hydrogen) atoms. The maximum absolute atomic E-state index is 13.5. The van der Waals surface area contributed by atoms with Crippen molar-refractivity contribution in [1.29, 1.82) is 0 Å². The van der Waals surface area contributed by atoms with Crippen LogP contribution in [-0.4, -0.2) is 18.5 Å². The van der Waals surface area contributed by atoms with E-state index in [-0.39, 0.29) is 21.3 Å². The van der Waals surface area contributed by atoms with Crippen LogP contribution >= 0.6 is 23.2 Å². The Bertz CT molecular complexity index is 768. The van der Waals surface area contributed by atoms with Crippen molar-refractivity contribution >= 4 is 40.8 Å². The summed E-state index contributed by atoms with van der Waals surface area (Å²) in [6.45, 7) is -0.687. The highest BCUT2D eigenvalue weighted by Gasteiger charge is 2.15. The van der Waals surface area contributed by atoms with Gasteiger partial charge in [-0.1, -0.05) is 23.2 Å². The zero-order valence-corrected chi connectivity index (χ0v) is 12.9. The Hall–Kier alpha value is -2.18. The third kappa shape index (κ3) is 4.64. The molecule has 0 unspecified atom stereocenters. The SMILES string of the molecule is O=C(COC(=O)c1cc(F)ccc1Cl)Nc1ccc(Cl)cc1F. The minimum absolute atomic E-state index is 0.0134. The maximum Gasteiger partial charge on any atom is 0.340 e. The number of benzene rings is 2. The predicted molar refractivity (Wildman–Crippen MR) is 81.7 cm³/mol. The van der Waals surface area contributed by atoms with Gasteiger partial charge >= 0.3 is 5.97 Å². The summed E-state index contributed by atoms with van der Waals surface area (Å²) < 4.78 is 31.3. The second-order valence-electron chi connectivity index (χ2n) is 4.37. The molecule has 0 radical (unpaired) electrons. The number of hydrogen-bond donors (Lipinski definition) is 1. The van der Waals surface area contributed by atoms with Crippen LogP contribution in [-0.2, 0) is 9.53 Å². The van der Waals surface area contributed by atoms with Gasteiger partial charge in [-0.15, -0.1) is 0 Å². The smallest absolute Gasteiger partial charge is 0.340 e. The molecule has 2 aromatic carbocycles. The fraction of sp³-hybridized carbons (Fsp3) is 0.0667. The van der Waals surface area contributed by atoms with Crippen molar-refractivity contribution in [2.24, 2.45) is 0 Å². The van der Waals surface area contributed by atoms with Crippen molar-refractivity contribution in [3.8, 4) is 0 Å². The Kier molecular flexibility index (Phi) is 5.52. The van der Waals surface area contributed by atoms with Crippen molar-refractivity contribution in [3.05, 3.63) is 63.6 Å². The van der Waals surface area contributed by atoms with Gasteiger partial charge in [0, 0.05) is 5.02 Å². The first-order valence-electron chi connectivity index (χ1n) is 6.24. The number of esters is 1. The van der Waals surface area contributed by atoms with E-state index in [2.05, 4.69) is 5.32 Å². The number of nitrogens with one attached hydrogen (secondary N) is 1. The number of halogens is 4. The summed E-state index contributed by atoms with van der Waals surface area (Å²) in [7, 11) is 0. The van der Waals surface area contributed by atoms with Crippen LogP contribution in [0.4, 0.5) is 14.5 Å². The Labute approximate surface area is 140 Å². The molecule has 2 aromatic rings. The summed E-state index contributed by atoms with van der Waals surface area (Å²) in [5.41, 5.74) is -0.323. The molecule has 1 N–H and O–H groups in total. The quantitative estimate of drug-likeness (QED) is 0.837. The Morgan fingerprint density at radius 2 is 1.83 bits per heavy atom. The van der Waals surface area contributed by atoms with E-state index in [9.17, 15) is 18.4 Å². The first kappa shape index (κ1) is 17.2. The van der Waals surface area contributed by atoms with Gasteiger partial charge < -0.3 is 10.1 Å². The molecule has 1 amide bonds. The summed E-state index contributed by atoms with van der Waals surface area (Å²) in [5, 5.41) is 2.37. The van der Waals surface area contributed by atoms with Crippen LogP contribution in [0.2, 0.25) is 10.0 Å². The van der Waals surface area contributed by atoms with E-state index in [1.165, 1.54) is 18.2 Å². The van der Waals surface area contributed by atoms with Gasteiger partial charge in [-0.25, -0.2) is 13.6 Å². The van der Waals surface area contributed by atoms with Crippen LogP contribution in [0.1, 0.15) is 10.4 Å². The second-order valence-corrected chi connectivity index (χ2v) is 5.22.